The van der Waals surface area contributed by atoms with Crippen LogP contribution in [0.2, 0.25) is 10.0 Å². The summed E-state index contributed by atoms with van der Waals surface area (Å²) >= 11 is 13.3. The third-order valence-electron chi connectivity index (χ3n) is 3.35. The van der Waals surface area contributed by atoms with Gasteiger partial charge >= 0.3 is 5.97 Å². The molecule has 1 aliphatic rings. The molecule has 1 aliphatic heterocycles. The zero-order valence-electron chi connectivity index (χ0n) is 12.8. The summed E-state index contributed by atoms with van der Waals surface area (Å²) in [5.41, 5.74) is 0.970. The molecule has 2 rings (SSSR count). The lowest BCUT2D eigenvalue weighted by atomic mass is 9.87. The van der Waals surface area contributed by atoms with Crippen molar-refractivity contribution < 1.29 is 14.3 Å². The van der Waals surface area contributed by atoms with E-state index in [2.05, 4.69) is 11.4 Å². The zero-order valence-corrected chi connectivity index (χ0v) is 15.1. The number of thioether (sulfide) groups is 1. The molecule has 8 heteroatoms. The number of allylic oxidation sites excluding steroid dienone is 1. The third kappa shape index (κ3) is 4.23. The number of benzene rings is 1. The Balaban J connectivity index is 2.35. The SMILES string of the molecule is CCOC(=O)CSC1=C(C#N)C(c2cccc(Cl)c2Cl)CC(=O)N1. The minimum atomic E-state index is -0.500. The molecule has 0 aromatic heterocycles. The van der Waals surface area contributed by atoms with Gasteiger partial charge in [0.15, 0.2) is 0 Å². The molecular weight excluding hydrogens is 371 g/mol. The minimum absolute atomic E-state index is 0.00459. The quantitative estimate of drug-likeness (QED) is 0.783. The van der Waals surface area contributed by atoms with Gasteiger partial charge in [-0.3, -0.25) is 9.59 Å². The first-order valence-corrected chi connectivity index (χ1v) is 8.88. The van der Waals surface area contributed by atoms with E-state index in [1.54, 1.807) is 25.1 Å². The van der Waals surface area contributed by atoms with Crippen LogP contribution in [-0.2, 0) is 14.3 Å². The van der Waals surface area contributed by atoms with E-state index in [1.165, 1.54) is 0 Å². The van der Waals surface area contributed by atoms with Gasteiger partial charge in [0.05, 0.1) is 39.1 Å². The fraction of sp³-hybridized carbons (Fsp3) is 0.312. The molecule has 1 unspecified atom stereocenters. The van der Waals surface area contributed by atoms with Gasteiger partial charge in [0.2, 0.25) is 5.91 Å². The average molecular weight is 385 g/mol. The van der Waals surface area contributed by atoms with Crippen molar-refractivity contribution in [3.63, 3.8) is 0 Å². The Morgan fingerprint density at radius 2 is 2.25 bits per heavy atom. The van der Waals surface area contributed by atoms with Crippen LogP contribution in [0.5, 0.6) is 0 Å². The Labute approximate surface area is 153 Å². The molecule has 0 fully saturated rings. The van der Waals surface area contributed by atoms with E-state index in [4.69, 9.17) is 27.9 Å². The predicted molar refractivity (Wildman–Crippen MR) is 93.7 cm³/mol. The van der Waals surface area contributed by atoms with E-state index >= 15 is 0 Å². The standard InChI is InChI=1S/C16H14Cl2N2O3S/c1-2-23-14(22)8-24-16-11(7-19)10(6-13(21)20-16)9-4-3-5-12(17)15(9)18/h3-5,10H,2,6,8H2,1H3,(H,20,21). The second-order valence-corrected chi connectivity index (χ2v) is 6.67. The first kappa shape index (κ1) is 18.7. The van der Waals surface area contributed by atoms with E-state index in [9.17, 15) is 14.9 Å². The van der Waals surface area contributed by atoms with Crippen molar-refractivity contribution in [2.24, 2.45) is 0 Å². The topological polar surface area (TPSA) is 79.2 Å². The molecule has 1 aromatic carbocycles. The predicted octanol–water partition coefficient (Wildman–Crippen LogP) is 3.63. The minimum Gasteiger partial charge on any atom is -0.465 e. The molecule has 0 radical (unpaired) electrons. The van der Waals surface area contributed by atoms with E-state index in [1.807, 2.05) is 0 Å². The highest BCUT2D eigenvalue weighted by Gasteiger charge is 2.31. The summed E-state index contributed by atoms with van der Waals surface area (Å²) in [6.45, 7) is 1.98. The van der Waals surface area contributed by atoms with Gasteiger partial charge in [0, 0.05) is 12.3 Å². The number of nitrogens with zero attached hydrogens (tertiary/aromatic N) is 1. The number of nitriles is 1. The van der Waals surface area contributed by atoms with Crippen molar-refractivity contribution in [2.75, 3.05) is 12.4 Å². The average Bonchev–Trinajstić information content (AvgIpc) is 2.55. The van der Waals surface area contributed by atoms with Gasteiger partial charge < -0.3 is 10.1 Å². The second kappa shape index (κ2) is 8.43. The molecule has 1 heterocycles. The second-order valence-electron chi connectivity index (χ2n) is 4.90. The molecule has 0 saturated heterocycles. The van der Waals surface area contributed by atoms with Crippen molar-refractivity contribution in [3.8, 4) is 6.07 Å². The Hall–Kier alpha value is -1.68. The Kier molecular flexibility index (Phi) is 6.55. The Morgan fingerprint density at radius 3 is 2.92 bits per heavy atom. The summed E-state index contributed by atoms with van der Waals surface area (Å²) in [5, 5.41) is 13.2. The van der Waals surface area contributed by atoms with Crippen molar-refractivity contribution in [3.05, 3.63) is 44.4 Å². The molecule has 126 valence electrons. The molecule has 24 heavy (non-hydrogen) atoms. The number of hydrogen-bond acceptors (Lipinski definition) is 5. The highest BCUT2D eigenvalue weighted by atomic mass is 35.5. The van der Waals surface area contributed by atoms with E-state index in [-0.39, 0.29) is 24.7 Å². The molecule has 1 amide bonds. The Morgan fingerprint density at radius 1 is 1.50 bits per heavy atom. The van der Waals surface area contributed by atoms with Crippen LogP contribution in [0.15, 0.2) is 28.8 Å². The van der Waals surface area contributed by atoms with Crippen LogP contribution in [0, 0.1) is 11.3 Å². The largest absolute Gasteiger partial charge is 0.465 e. The molecule has 0 aliphatic carbocycles. The summed E-state index contributed by atoms with van der Waals surface area (Å²) in [6.07, 6.45) is 0.0897. The van der Waals surface area contributed by atoms with Crippen molar-refractivity contribution in [2.45, 2.75) is 19.3 Å². The van der Waals surface area contributed by atoms with Gasteiger partial charge in [0.25, 0.3) is 0 Å². The van der Waals surface area contributed by atoms with Crippen LogP contribution >= 0.6 is 35.0 Å². The number of esters is 1. The lowest BCUT2D eigenvalue weighted by molar-refractivity contribution is -0.139. The summed E-state index contributed by atoms with van der Waals surface area (Å²) in [6, 6.07) is 7.21. The number of carbonyl (C=O) groups excluding carboxylic acids is 2. The van der Waals surface area contributed by atoms with Crippen LogP contribution < -0.4 is 5.32 Å². The number of ether oxygens (including phenoxy) is 1. The van der Waals surface area contributed by atoms with E-state index < -0.39 is 11.9 Å². The van der Waals surface area contributed by atoms with Gasteiger partial charge in [-0.15, -0.1) is 0 Å². The van der Waals surface area contributed by atoms with Gasteiger partial charge in [-0.25, -0.2) is 0 Å². The van der Waals surface area contributed by atoms with Crippen LogP contribution in [0.4, 0.5) is 0 Å². The number of nitrogens with one attached hydrogen (secondary N) is 1. The van der Waals surface area contributed by atoms with Gasteiger partial charge in [-0.05, 0) is 18.6 Å². The van der Waals surface area contributed by atoms with Crippen LogP contribution in [0.1, 0.15) is 24.8 Å². The highest BCUT2D eigenvalue weighted by molar-refractivity contribution is 8.03. The van der Waals surface area contributed by atoms with E-state index in [0.29, 0.717) is 26.2 Å². The zero-order chi connectivity index (χ0) is 17.7. The number of halogens is 2. The normalized spacial score (nSPS) is 17.2. The van der Waals surface area contributed by atoms with Crippen molar-refractivity contribution in [1.82, 2.24) is 5.32 Å². The fourth-order valence-electron chi connectivity index (χ4n) is 2.32. The summed E-state index contributed by atoms with van der Waals surface area (Å²) in [4.78, 5) is 23.5. The number of carbonyl (C=O) groups is 2. The summed E-state index contributed by atoms with van der Waals surface area (Å²) < 4.78 is 4.86. The molecule has 0 spiro atoms. The number of hydrogen-bond donors (Lipinski definition) is 1. The Bertz CT molecular complexity index is 743. The van der Waals surface area contributed by atoms with Gasteiger partial charge in [0.1, 0.15) is 0 Å². The third-order valence-corrected chi connectivity index (χ3v) is 5.18. The fourth-order valence-corrected chi connectivity index (χ4v) is 3.64. The van der Waals surface area contributed by atoms with Gasteiger partial charge in [-0.1, -0.05) is 47.1 Å². The maximum Gasteiger partial charge on any atom is 0.316 e. The van der Waals surface area contributed by atoms with Crippen LogP contribution in [0.3, 0.4) is 0 Å². The molecular formula is C16H14Cl2N2O3S. The number of rotatable bonds is 5. The van der Waals surface area contributed by atoms with Crippen molar-refractivity contribution in [1.29, 1.82) is 5.26 Å². The van der Waals surface area contributed by atoms with E-state index in [0.717, 1.165) is 11.8 Å². The van der Waals surface area contributed by atoms with Gasteiger partial charge in [-0.2, -0.15) is 5.26 Å². The monoisotopic (exact) mass is 384 g/mol. The lowest BCUT2D eigenvalue weighted by Crippen LogP contribution is -2.31. The molecule has 0 saturated carbocycles. The summed E-state index contributed by atoms with van der Waals surface area (Å²) in [5.74, 6) is -1.16. The maximum absolute atomic E-state index is 12.0. The smallest absolute Gasteiger partial charge is 0.316 e. The first-order valence-electron chi connectivity index (χ1n) is 7.14. The van der Waals surface area contributed by atoms with Crippen molar-refractivity contribution >= 4 is 46.8 Å². The van der Waals surface area contributed by atoms with Crippen LogP contribution in [-0.4, -0.2) is 24.2 Å². The molecule has 1 atom stereocenters. The molecule has 0 bridgehead atoms. The molecule has 5 nitrogen and oxygen atoms in total. The maximum atomic E-state index is 12.0. The number of amides is 1. The summed E-state index contributed by atoms with van der Waals surface area (Å²) in [7, 11) is 0. The molecule has 1 N–H and O–H groups in total. The molecule has 1 aromatic rings. The highest BCUT2D eigenvalue weighted by Crippen LogP contribution is 2.40. The van der Waals surface area contributed by atoms with Crippen LogP contribution in [0.25, 0.3) is 0 Å². The first-order chi connectivity index (χ1) is 11.5. The lowest BCUT2D eigenvalue weighted by Gasteiger charge is -2.25.